The van der Waals surface area contributed by atoms with Gasteiger partial charge in [-0.05, 0) is 72.3 Å². The highest BCUT2D eigenvalue weighted by Crippen LogP contribution is 2.29. The molecular weight excluding hydrogens is 510 g/mol. The van der Waals surface area contributed by atoms with Crippen molar-refractivity contribution in [3.05, 3.63) is 83.4 Å². The molecule has 5 heterocycles. The molecule has 196 valence electrons. The topological polar surface area (TPSA) is 113 Å². The number of pyridine rings is 2. The minimum atomic E-state index is -0.383. The van der Waals surface area contributed by atoms with Crippen LogP contribution < -0.4 is 15.5 Å². The van der Waals surface area contributed by atoms with Gasteiger partial charge in [0, 0.05) is 55.4 Å². The highest BCUT2D eigenvalue weighted by molar-refractivity contribution is 8.18. The maximum Gasteiger partial charge on any atom is 0.290 e. The molecule has 2 aliphatic heterocycles. The first kappa shape index (κ1) is 25.1. The molecule has 0 atom stereocenters. The number of nitrogens with zero attached hydrogens (tertiary/aromatic N) is 5. The Morgan fingerprint density at radius 1 is 1.03 bits per heavy atom. The van der Waals surface area contributed by atoms with Gasteiger partial charge in [-0.2, -0.15) is 0 Å². The number of imide groups is 1. The molecule has 2 aliphatic rings. The van der Waals surface area contributed by atoms with Crippen LogP contribution in [0.5, 0.6) is 0 Å². The summed E-state index contributed by atoms with van der Waals surface area (Å²) in [6.45, 7) is 3.40. The molecule has 6 rings (SSSR count). The van der Waals surface area contributed by atoms with Crippen LogP contribution in [0.1, 0.15) is 24.1 Å². The lowest BCUT2D eigenvalue weighted by Crippen LogP contribution is -2.38. The van der Waals surface area contributed by atoms with Crippen LogP contribution in [-0.4, -0.2) is 50.7 Å². The van der Waals surface area contributed by atoms with Gasteiger partial charge < -0.3 is 10.2 Å². The molecule has 1 aromatic carbocycles. The zero-order chi connectivity index (χ0) is 26.6. The quantitative estimate of drug-likeness (QED) is 0.331. The number of hydrogen-bond donors (Lipinski definition) is 2. The Labute approximate surface area is 230 Å². The molecule has 39 heavy (non-hydrogen) atoms. The molecule has 0 radical (unpaired) electrons. The number of aromatic nitrogens is 4. The van der Waals surface area contributed by atoms with Crippen molar-refractivity contribution in [2.75, 3.05) is 24.5 Å². The zero-order valence-electron chi connectivity index (χ0n) is 21.2. The Morgan fingerprint density at radius 3 is 2.77 bits per heavy atom. The number of benzene rings is 1. The molecule has 2 saturated heterocycles. The minimum absolute atomic E-state index is 0.351. The summed E-state index contributed by atoms with van der Waals surface area (Å²) >= 11 is 0.890. The highest BCUT2D eigenvalue weighted by atomic mass is 32.2. The zero-order valence-corrected chi connectivity index (χ0v) is 22.0. The van der Waals surface area contributed by atoms with E-state index in [9.17, 15) is 9.59 Å². The lowest BCUT2D eigenvalue weighted by atomic mass is 9.96. The van der Waals surface area contributed by atoms with Crippen molar-refractivity contribution in [2.24, 2.45) is 5.92 Å². The van der Waals surface area contributed by atoms with E-state index in [0.717, 1.165) is 72.8 Å². The second-order valence-electron chi connectivity index (χ2n) is 9.61. The number of piperidine rings is 1. The number of fused-ring (bicyclic) bond motifs is 1. The first-order valence-electron chi connectivity index (χ1n) is 12.9. The van der Waals surface area contributed by atoms with E-state index < -0.39 is 0 Å². The van der Waals surface area contributed by atoms with Crippen molar-refractivity contribution in [3.8, 4) is 11.3 Å². The first-order valence-corrected chi connectivity index (χ1v) is 13.8. The molecule has 0 bridgehead atoms. The van der Waals surface area contributed by atoms with E-state index in [1.807, 2.05) is 30.7 Å². The van der Waals surface area contributed by atoms with Gasteiger partial charge >= 0.3 is 0 Å². The van der Waals surface area contributed by atoms with Crippen LogP contribution in [0.4, 0.5) is 10.7 Å². The van der Waals surface area contributed by atoms with Crippen molar-refractivity contribution in [3.63, 3.8) is 0 Å². The van der Waals surface area contributed by atoms with Gasteiger partial charge in [0.2, 0.25) is 5.95 Å². The number of thioether (sulfide) groups is 1. The fraction of sp³-hybridized carbons (Fsp3) is 0.241. The summed E-state index contributed by atoms with van der Waals surface area (Å²) in [5, 5.41) is 7.83. The monoisotopic (exact) mass is 537 g/mol. The smallest absolute Gasteiger partial charge is 0.290 e. The van der Waals surface area contributed by atoms with Gasteiger partial charge in [0.25, 0.3) is 11.1 Å². The maximum atomic E-state index is 11.8. The summed E-state index contributed by atoms with van der Waals surface area (Å²) in [6, 6.07) is 14.2. The van der Waals surface area contributed by atoms with Crippen molar-refractivity contribution >= 4 is 45.7 Å². The molecule has 2 fully saturated rings. The first-order chi connectivity index (χ1) is 19.1. The number of amides is 2. The fourth-order valence-corrected chi connectivity index (χ4v) is 5.72. The Hall–Kier alpha value is -4.15. The average molecular weight is 538 g/mol. The van der Waals surface area contributed by atoms with Crippen LogP contribution in [0, 0.1) is 5.92 Å². The molecule has 2 N–H and O–H groups in total. The predicted octanol–water partition coefficient (Wildman–Crippen LogP) is 4.42. The van der Waals surface area contributed by atoms with Crippen LogP contribution in [0.3, 0.4) is 0 Å². The summed E-state index contributed by atoms with van der Waals surface area (Å²) in [5.41, 5.74) is 3.92. The van der Waals surface area contributed by atoms with Gasteiger partial charge in [-0.3, -0.25) is 24.9 Å². The van der Waals surface area contributed by atoms with E-state index in [1.54, 1.807) is 18.3 Å². The van der Waals surface area contributed by atoms with Crippen molar-refractivity contribution in [2.45, 2.75) is 19.4 Å². The number of carbonyl (C=O) groups excluding carboxylic acids is 2. The van der Waals surface area contributed by atoms with Crippen LogP contribution in [0.15, 0.2) is 72.2 Å². The van der Waals surface area contributed by atoms with Crippen molar-refractivity contribution in [1.29, 1.82) is 0 Å². The number of hydrogen-bond acceptors (Lipinski definition) is 9. The number of anilines is 1. The third-order valence-corrected chi connectivity index (χ3v) is 7.87. The summed E-state index contributed by atoms with van der Waals surface area (Å²) in [6.07, 6.45) is 11.0. The Balaban J connectivity index is 1.05. The Morgan fingerprint density at radius 2 is 1.92 bits per heavy atom. The van der Waals surface area contributed by atoms with Gasteiger partial charge in [-0.1, -0.05) is 24.3 Å². The van der Waals surface area contributed by atoms with Gasteiger partial charge in [0.05, 0.1) is 16.3 Å². The molecule has 2 amide bonds. The van der Waals surface area contributed by atoms with Crippen LogP contribution >= 0.6 is 11.8 Å². The second-order valence-corrected chi connectivity index (χ2v) is 10.6. The third kappa shape index (κ3) is 5.67. The van der Waals surface area contributed by atoms with Crippen LogP contribution in [0.2, 0.25) is 0 Å². The molecule has 0 saturated carbocycles. The van der Waals surface area contributed by atoms with E-state index in [1.165, 1.54) is 5.56 Å². The number of carbonyl (C=O) groups is 2. The van der Waals surface area contributed by atoms with Gasteiger partial charge in [-0.15, -0.1) is 0 Å². The molecule has 3 aromatic heterocycles. The minimum Gasteiger partial charge on any atom is -0.341 e. The lowest BCUT2D eigenvalue weighted by molar-refractivity contribution is -0.115. The van der Waals surface area contributed by atoms with E-state index in [4.69, 9.17) is 4.98 Å². The summed E-state index contributed by atoms with van der Waals surface area (Å²) in [4.78, 5) is 43.8. The van der Waals surface area contributed by atoms with E-state index >= 15 is 0 Å². The van der Waals surface area contributed by atoms with Crippen molar-refractivity contribution < 1.29 is 9.59 Å². The predicted molar refractivity (Wildman–Crippen MR) is 153 cm³/mol. The molecule has 4 aromatic rings. The second kappa shape index (κ2) is 11.3. The van der Waals surface area contributed by atoms with Gasteiger partial charge in [0.15, 0.2) is 0 Å². The summed E-state index contributed by atoms with van der Waals surface area (Å²) < 4.78 is 0. The molecule has 9 nitrogen and oxygen atoms in total. The Kier molecular flexibility index (Phi) is 7.29. The molecular formula is C29H27N7O2S. The van der Waals surface area contributed by atoms with E-state index in [0.29, 0.717) is 22.5 Å². The maximum absolute atomic E-state index is 11.8. The van der Waals surface area contributed by atoms with Crippen LogP contribution in [0.25, 0.3) is 28.1 Å². The largest absolute Gasteiger partial charge is 0.341 e. The SMILES string of the molecule is O=C1NC(=O)/C(=C/c2ccnc(N3CCC(CNCc4cccnc4-c4cccc5cnccc45)CC3)n2)S1. The summed E-state index contributed by atoms with van der Waals surface area (Å²) in [5.74, 6) is 0.821. The molecule has 0 spiro atoms. The van der Waals surface area contributed by atoms with Crippen molar-refractivity contribution in [1.82, 2.24) is 30.6 Å². The fourth-order valence-electron chi connectivity index (χ4n) is 5.05. The van der Waals surface area contributed by atoms with E-state index in [2.05, 4.69) is 54.8 Å². The third-order valence-electron chi connectivity index (χ3n) is 7.06. The standard InChI is InChI=1S/C29H27N7O2S/c37-27-25(39-29(38)35-27)15-22-6-12-33-28(34-22)36-13-8-19(9-14-36)16-31-18-21-4-2-10-32-26(21)24-5-1-3-20-17-30-11-7-23(20)24/h1-7,10-12,15,17,19,31H,8-9,13-14,16,18H2,(H,35,37,38)/b25-15-. The molecule has 10 heteroatoms. The van der Waals surface area contributed by atoms with Crippen LogP contribution in [-0.2, 0) is 11.3 Å². The average Bonchev–Trinajstić information content (AvgIpc) is 3.29. The number of rotatable bonds is 7. The van der Waals surface area contributed by atoms with Gasteiger partial charge in [0.1, 0.15) is 0 Å². The number of nitrogens with one attached hydrogen (secondary N) is 2. The molecule has 0 aliphatic carbocycles. The van der Waals surface area contributed by atoms with Gasteiger partial charge in [-0.25, -0.2) is 9.97 Å². The van der Waals surface area contributed by atoms with E-state index in [-0.39, 0.29) is 11.1 Å². The lowest BCUT2D eigenvalue weighted by Gasteiger charge is -2.32. The molecule has 0 unspecified atom stereocenters. The Bertz CT molecular complexity index is 1560. The normalized spacial score (nSPS) is 17.2. The highest BCUT2D eigenvalue weighted by Gasteiger charge is 2.26. The summed E-state index contributed by atoms with van der Waals surface area (Å²) in [7, 11) is 0.